The summed E-state index contributed by atoms with van der Waals surface area (Å²) >= 11 is 0. The monoisotopic (exact) mass is 342 g/mol. The van der Waals surface area contributed by atoms with Gasteiger partial charge in [-0.25, -0.2) is 19.5 Å². The number of aromatic nitrogens is 8. The Labute approximate surface area is 148 Å². The summed E-state index contributed by atoms with van der Waals surface area (Å²) in [6.07, 6.45) is 7.34. The summed E-state index contributed by atoms with van der Waals surface area (Å²) in [4.78, 5) is 22.4. The Kier molecular flexibility index (Phi) is 3.05. The first-order valence-electron chi connectivity index (χ1n) is 8.15. The molecule has 8 heteroatoms. The zero-order chi connectivity index (χ0) is 17.7. The van der Waals surface area contributed by atoms with Gasteiger partial charge in [0.15, 0.2) is 5.65 Å². The highest BCUT2D eigenvalue weighted by atomic mass is 15.3. The fourth-order valence-corrected chi connectivity index (χ4v) is 2.84. The molecule has 0 radical (unpaired) electrons. The molecule has 0 amide bonds. The van der Waals surface area contributed by atoms with Gasteiger partial charge in [0.1, 0.15) is 11.4 Å². The van der Waals surface area contributed by atoms with E-state index >= 15 is 0 Å². The summed E-state index contributed by atoms with van der Waals surface area (Å²) in [7, 11) is 0. The number of hydrogen-bond donors (Lipinski definition) is 0. The molecule has 0 fully saturated rings. The van der Waals surface area contributed by atoms with Gasteiger partial charge in [-0.15, -0.1) is 5.10 Å². The van der Waals surface area contributed by atoms with Crippen LogP contribution < -0.4 is 0 Å². The third-order valence-corrected chi connectivity index (χ3v) is 4.19. The summed E-state index contributed by atoms with van der Waals surface area (Å²) < 4.78 is 3.65. The number of fused-ring (bicyclic) bond motifs is 2. The van der Waals surface area contributed by atoms with Crippen molar-refractivity contribution in [2.75, 3.05) is 0 Å². The summed E-state index contributed by atoms with van der Waals surface area (Å²) in [6.45, 7) is 3.86. The first kappa shape index (κ1) is 14.6. The second kappa shape index (κ2) is 5.41. The molecule has 5 heterocycles. The average Bonchev–Trinajstić information content (AvgIpc) is 3.30. The van der Waals surface area contributed by atoms with Crippen molar-refractivity contribution in [3.8, 4) is 22.9 Å². The Hall–Kier alpha value is -3.68. The highest BCUT2D eigenvalue weighted by Crippen LogP contribution is 2.19. The molecule has 8 nitrogen and oxygen atoms in total. The number of hydrogen-bond acceptors (Lipinski definition) is 6. The van der Waals surface area contributed by atoms with E-state index in [2.05, 4.69) is 30.0 Å². The van der Waals surface area contributed by atoms with Crippen molar-refractivity contribution in [3.05, 3.63) is 60.4 Å². The van der Waals surface area contributed by atoms with Crippen LogP contribution in [0.1, 0.15) is 11.4 Å². The fourth-order valence-electron chi connectivity index (χ4n) is 2.84. The van der Waals surface area contributed by atoms with Crippen LogP contribution in [0.2, 0.25) is 0 Å². The minimum atomic E-state index is 0.550. The number of rotatable bonds is 2. The fraction of sp³-hybridized carbons (Fsp3) is 0.111. The number of pyridine rings is 1. The van der Waals surface area contributed by atoms with Crippen molar-refractivity contribution < 1.29 is 0 Å². The summed E-state index contributed by atoms with van der Waals surface area (Å²) in [5, 5.41) is 4.57. The highest BCUT2D eigenvalue weighted by molar-refractivity contribution is 5.60. The Bertz CT molecular complexity index is 1210. The van der Waals surface area contributed by atoms with Crippen LogP contribution in [0.5, 0.6) is 0 Å². The van der Waals surface area contributed by atoms with Crippen LogP contribution in [0.25, 0.3) is 34.3 Å². The van der Waals surface area contributed by atoms with Gasteiger partial charge in [0.2, 0.25) is 11.6 Å². The smallest absolute Gasteiger partial charge is 0.235 e. The summed E-state index contributed by atoms with van der Waals surface area (Å²) in [5.74, 6) is 1.13. The molecule has 0 bridgehead atoms. The molecule has 26 heavy (non-hydrogen) atoms. The van der Waals surface area contributed by atoms with E-state index in [0.717, 1.165) is 28.4 Å². The lowest BCUT2D eigenvalue weighted by Crippen LogP contribution is -1.97. The third-order valence-electron chi connectivity index (χ3n) is 4.19. The van der Waals surface area contributed by atoms with Gasteiger partial charge in [0, 0.05) is 24.8 Å². The van der Waals surface area contributed by atoms with Crippen molar-refractivity contribution >= 4 is 11.4 Å². The van der Waals surface area contributed by atoms with E-state index in [0.29, 0.717) is 17.3 Å². The molecule has 0 aliphatic carbocycles. The van der Waals surface area contributed by atoms with Crippen molar-refractivity contribution in [2.45, 2.75) is 13.8 Å². The standard InChI is InChI=1S/C18H14N8/c1-11-9-20-12(2)17-23-16(24-26(11)17)14-6-8-25-10-15(22-18(25)21-14)13-5-3-4-7-19-13/h3-10H,1-2H3. The van der Waals surface area contributed by atoms with Gasteiger partial charge in [0.05, 0.1) is 17.1 Å². The first-order valence-corrected chi connectivity index (χ1v) is 8.15. The maximum atomic E-state index is 4.61. The van der Waals surface area contributed by atoms with E-state index in [1.165, 1.54) is 0 Å². The van der Waals surface area contributed by atoms with Gasteiger partial charge < -0.3 is 0 Å². The van der Waals surface area contributed by atoms with Crippen LogP contribution in [0.3, 0.4) is 0 Å². The molecular weight excluding hydrogens is 328 g/mol. The van der Waals surface area contributed by atoms with E-state index < -0.39 is 0 Å². The van der Waals surface area contributed by atoms with E-state index in [1.807, 2.05) is 54.9 Å². The van der Waals surface area contributed by atoms with Crippen molar-refractivity contribution in [1.82, 2.24) is 38.9 Å². The molecule has 0 aliphatic heterocycles. The van der Waals surface area contributed by atoms with Crippen LogP contribution in [0.4, 0.5) is 0 Å². The first-order chi connectivity index (χ1) is 12.7. The van der Waals surface area contributed by atoms with Crippen LogP contribution in [0.15, 0.2) is 49.1 Å². The van der Waals surface area contributed by atoms with Gasteiger partial charge in [-0.3, -0.25) is 14.4 Å². The number of nitrogens with zero attached hydrogens (tertiary/aromatic N) is 8. The molecular formula is C18H14N8. The molecule has 0 atom stereocenters. The molecule has 5 aromatic rings. The lowest BCUT2D eigenvalue weighted by Gasteiger charge is -1.97. The normalized spacial score (nSPS) is 11.5. The minimum absolute atomic E-state index is 0.550. The van der Waals surface area contributed by atoms with Crippen LogP contribution in [0, 0.1) is 13.8 Å². The average molecular weight is 342 g/mol. The van der Waals surface area contributed by atoms with E-state index in [9.17, 15) is 0 Å². The van der Waals surface area contributed by atoms with E-state index in [-0.39, 0.29) is 0 Å². The topological polar surface area (TPSA) is 86.2 Å². The predicted molar refractivity (Wildman–Crippen MR) is 95.5 cm³/mol. The molecule has 0 saturated heterocycles. The molecule has 0 aromatic carbocycles. The van der Waals surface area contributed by atoms with Gasteiger partial charge >= 0.3 is 0 Å². The largest absolute Gasteiger partial charge is 0.290 e. The predicted octanol–water partition coefficient (Wildman–Crippen LogP) is 2.51. The molecule has 0 unspecified atom stereocenters. The number of aryl methyl sites for hydroxylation is 2. The quantitative estimate of drug-likeness (QED) is 0.490. The molecule has 0 aliphatic rings. The Morgan fingerprint density at radius 2 is 1.77 bits per heavy atom. The highest BCUT2D eigenvalue weighted by Gasteiger charge is 2.13. The van der Waals surface area contributed by atoms with Crippen molar-refractivity contribution in [3.63, 3.8) is 0 Å². The van der Waals surface area contributed by atoms with E-state index in [4.69, 9.17) is 0 Å². The minimum Gasteiger partial charge on any atom is -0.290 e. The molecule has 0 spiro atoms. The SMILES string of the molecule is Cc1ncc(C)n2nc(-c3ccn4cc(-c5ccccn5)nc4n3)nc12. The Morgan fingerprint density at radius 1 is 0.885 bits per heavy atom. The molecule has 126 valence electrons. The lowest BCUT2D eigenvalue weighted by atomic mass is 10.3. The molecule has 5 aromatic heterocycles. The van der Waals surface area contributed by atoms with Gasteiger partial charge in [-0.05, 0) is 32.0 Å². The maximum absolute atomic E-state index is 4.61. The van der Waals surface area contributed by atoms with Crippen LogP contribution in [-0.4, -0.2) is 38.9 Å². The molecule has 0 saturated carbocycles. The van der Waals surface area contributed by atoms with Gasteiger partial charge in [0.25, 0.3) is 0 Å². The second-order valence-corrected chi connectivity index (χ2v) is 6.02. The van der Waals surface area contributed by atoms with Crippen molar-refractivity contribution in [2.24, 2.45) is 0 Å². The van der Waals surface area contributed by atoms with Gasteiger partial charge in [-0.1, -0.05) is 6.07 Å². The number of imidazole rings is 1. The van der Waals surface area contributed by atoms with Gasteiger partial charge in [-0.2, -0.15) is 0 Å². The molecule has 0 N–H and O–H groups in total. The zero-order valence-electron chi connectivity index (χ0n) is 14.2. The zero-order valence-corrected chi connectivity index (χ0v) is 14.2. The second-order valence-electron chi connectivity index (χ2n) is 6.02. The summed E-state index contributed by atoms with van der Waals surface area (Å²) in [5.41, 5.74) is 4.73. The maximum Gasteiger partial charge on any atom is 0.235 e. The van der Waals surface area contributed by atoms with Crippen LogP contribution >= 0.6 is 0 Å². The Morgan fingerprint density at radius 3 is 2.58 bits per heavy atom. The summed E-state index contributed by atoms with van der Waals surface area (Å²) in [6, 6.07) is 7.61. The molecule has 5 rings (SSSR count). The van der Waals surface area contributed by atoms with Crippen molar-refractivity contribution in [1.29, 1.82) is 0 Å². The third kappa shape index (κ3) is 2.23. The lowest BCUT2D eigenvalue weighted by molar-refractivity contribution is 0.889. The van der Waals surface area contributed by atoms with E-state index in [1.54, 1.807) is 16.9 Å². The van der Waals surface area contributed by atoms with Crippen LogP contribution in [-0.2, 0) is 0 Å². The Balaban J connectivity index is 1.64.